The summed E-state index contributed by atoms with van der Waals surface area (Å²) >= 11 is 6.24. The standard InChI is InChI=1S/C20H22ClN3O4S/c1-13-20(14(2)24(22-13)12-15-7-5-6-8-17(15)21)23-29(25,26)16-9-10-18(27-3)19(11-16)28-4/h5-11,23H,12H2,1-4H3. The summed E-state index contributed by atoms with van der Waals surface area (Å²) in [6.45, 7) is 4.00. The van der Waals surface area contributed by atoms with Crippen LogP contribution in [0.15, 0.2) is 47.4 Å². The molecule has 2 aromatic carbocycles. The lowest BCUT2D eigenvalue weighted by molar-refractivity contribution is 0.354. The molecule has 0 aliphatic carbocycles. The van der Waals surface area contributed by atoms with Crippen LogP contribution in [0.5, 0.6) is 11.5 Å². The first-order chi connectivity index (χ1) is 13.8. The molecule has 0 radical (unpaired) electrons. The van der Waals surface area contributed by atoms with Crippen LogP contribution in [-0.4, -0.2) is 32.4 Å². The molecule has 0 spiro atoms. The van der Waals surface area contributed by atoms with Crippen LogP contribution >= 0.6 is 11.6 Å². The van der Waals surface area contributed by atoms with E-state index >= 15 is 0 Å². The second-order valence-electron chi connectivity index (χ2n) is 6.42. The molecule has 0 aliphatic rings. The minimum Gasteiger partial charge on any atom is -0.493 e. The van der Waals surface area contributed by atoms with Crippen LogP contribution in [0.3, 0.4) is 0 Å². The van der Waals surface area contributed by atoms with Crippen LogP contribution in [0.1, 0.15) is 17.0 Å². The number of hydrogen-bond donors (Lipinski definition) is 1. The highest BCUT2D eigenvalue weighted by Gasteiger charge is 2.22. The van der Waals surface area contributed by atoms with Gasteiger partial charge in [0.05, 0.1) is 42.7 Å². The SMILES string of the molecule is COc1ccc(S(=O)(=O)Nc2c(C)nn(Cc3ccccc3Cl)c2C)cc1OC. The van der Waals surface area contributed by atoms with Gasteiger partial charge in [0.1, 0.15) is 0 Å². The summed E-state index contributed by atoms with van der Waals surface area (Å²) in [5.74, 6) is 0.782. The molecule has 1 aromatic heterocycles. The lowest BCUT2D eigenvalue weighted by atomic mass is 10.2. The van der Waals surface area contributed by atoms with Crippen molar-refractivity contribution in [2.45, 2.75) is 25.3 Å². The summed E-state index contributed by atoms with van der Waals surface area (Å²) in [7, 11) is -0.905. The van der Waals surface area contributed by atoms with Crippen LogP contribution in [0.4, 0.5) is 5.69 Å². The highest BCUT2D eigenvalue weighted by Crippen LogP contribution is 2.31. The third kappa shape index (κ3) is 4.33. The Balaban J connectivity index is 1.92. The van der Waals surface area contributed by atoms with E-state index in [4.69, 9.17) is 21.1 Å². The molecule has 0 atom stereocenters. The molecule has 0 amide bonds. The average molecular weight is 436 g/mol. The van der Waals surface area contributed by atoms with Crippen molar-refractivity contribution in [1.82, 2.24) is 9.78 Å². The second kappa shape index (κ2) is 8.34. The number of halogens is 1. The van der Waals surface area contributed by atoms with Crippen molar-refractivity contribution in [3.05, 3.63) is 64.4 Å². The monoisotopic (exact) mass is 435 g/mol. The van der Waals surface area contributed by atoms with Crippen LogP contribution in [0.2, 0.25) is 5.02 Å². The van der Waals surface area contributed by atoms with E-state index < -0.39 is 10.0 Å². The van der Waals surface area contributed by atoms with Crippen LogP contribution in [0, 0.1) is 13.8 Å². The van der Waals surface area contributed by atoms with Gasteiger partial charge in [-0.3, -0.25) is 9.40 Å². The molecule has 1 N–H and O–H groups in total. The highest BCUT2D eigenvalue weighted by molar-refractivity contribution is 7.92. The third-order valence-electron chi connectivity index (χ3n) is 4.56. The molecule has 0 aliphatic heterocycles. The number of rotatable bonds is 7. The van der Waals surface area contributed by atoms with E-state index in [-0.39, 0.29) is 4.90 Å². The van der Waals surface area contributed by atoms with Gasteiger partial charge in [0.15, 0.2) is 11.5 Å². The zero-order valence-electron chi connectivity index (χ0n) is 16.6. The summed E-state index contributed by atoms with van der Waals surface area (Å²) in [4.78, 5) is 0.0628. The smallest absolute Gasteiger partial charge is 0.262 e. The molecule has 3 rings (SSSR count). The molecule has 0 saturated heterocycles. The van der Waals surface area contributed by atoms with Gasteiger partial charge in [0.2, 0.25) is 0 Å². The molecular formula is C20H22ClN3O4S. The number of nitrogens with one attached hydrogen (secondary N) is 1. The Morgan fingerprint density at radius 2 is 1.76 bits per heavy atom. The van der Waals surface area contributed by atoms with Crippen molar-refractivity contribution < 1.29 is 17.9 Å². The summed E-state index contributed by atoms with van der Waals surface area (Å²) in [6, 6.07) is 11.9. The Morgan fingerprint density at radius 1 is 1.07 bits per heavy atom. The van der Waals surface area contributed by atoms with Gasteiger partial charge in [-0.25, -0.2) is 8.42 Å². The Labute approximate surface area is 175 Å². The molecule has 1 heterocycles. The van der Waals surface area contributed by atoms with Gasteiger partial charge in [0.25, 0.3) is 10.0 Å². The number of sulfonamides is 1. The number of anilines is 1. The quantitative estimate of drug-likeness (QED) is 0.606. The second-order valence-corrected chi connectivity index (χ2v) is 8.51. The molecule has 9 heteroatoms. The molecule has 7 nitrogen and oxygen atoms in total. The molecule has 154 valence electrons. The van der Waals surface area contributed by atoms with E-state index in [2.05, 4.69) is 9.82 Å². The van der Waals surface area contributed by atoms with Crippen molar-refractivity contribution in [2.75, 3.05) is 18.9 Å². The third-order valence-corrected chi connectivity index (χ3v) is 6.28. The van der Waals surface area contributed by atoms with Crippen LogP contribution in [0.25, 0.3) is 0 Å². The number of methoxy groups -OCH3 is 2. The number of benzene rings is 2. The van der Waals surface area contributed by atoms with Crippen molar-refractivity contribution in [1.29, 1.82) is 0 Å². The maximum atomic E-state index is 12.9. The maximum Gasteiger partial charge on any atom is 0.262 e. The van der Waals surface area contributed by atoms with Gasteiger partial charge in [-0.1, -0.05) is 29.8 Å². The molecular weight excluding hydrogens is 414 g/mol. The van der Waals surface area contributed by atoms with E-state index in [0.29, 0.717) is 40.1 Å². The fourth-order valence-corrected chi connectivity index (χ4v) is 4.35. The van der Waals surface area contributed by atoms with Crippen LogP contribution < -0.4 is 14.2 Å². The van der Waals surface area contributed by atoms with Crippen molar-refractivity contribution in [2.24, 2.45) is 0 Å². The zero-order chi connectivity index (χ0) is 21.2. The summed E-state index contributed by atoms with van der Waals surface area (Å²) < 4.78 is 40.6. The Morgan fingerprint density at radius 3 is 2.41 bits per heavy atom. The van der Waals surface area contributed by atoms with Gasteiger partial charge >= 0.3 is 0 Å². The molecule has 3 aromatic rings. The maximum absolute atomic E-state index is 12.9. The van der Waals surface area contributed by atoms with E-state index in [0.717, 1.165) is 5.56 Å². The van der Waals surface area contributed by atoms with E-state index in [9.17, 15) is 8.42 Å². The lowest BCUT2D eigenvalue weighted by Gasteiger charge is -2.12. The number of aromatic nitrogens is 2. The average Bonchev–Trinajstić information content (AvgIpc) is 2.96. The van der Waals surface area contributed by atoms with Gasteiger partial charge in [-0.05, 0) is 37.6 Å². The van der Waals surface area contributed by atoms with Gasteiger partial charge in [-0.15, -0.1) is 0 Å². The summed E-state index contributed by atoms with van der Waals surface area (Å²) in [5, 5.41) is 5.10. The van der Waals surface area contributed by atoms with E-state index in [1.54, 1.807) is 17.7 Å². The zero-order valence-corrected chi connectivity index (χ0v) is 18.1. The topological polar surface area (TPSA) is 82.5 Å². The molecule has 0 saturated carbocycles. The predicted molar refractivity (Wildman–Crippen MR) is 113 cm³/mol. The van der Waals surface area contributed by atoms with Crippen molar-refractivity contribution in [3.8, 4) is 11.5 Å². The fourth-order valence-electron chi connectivity index (χ4n) is 2.96. The minimum atomic E-state index is -3.85. The minimum absolute atomic E-state index is 0.0628. The molecule has 29 heavy (non-hydrogen) atoms. The van der Waals surface area contributed by atoms with Gasteiger partial charge < -0.3 is 9.47 Å². The Bertz CT molecular complexity index is 1140. The lowest BCUT2D eigenvalue weighted by Crippen LogP contribution is -2.14. The fraction of sp³-hybridized carbons (Fsp3) is 0.250. The van der Waals surface area contributed by atoms with E-state index in [1.165, 1.54) is 26.4 Å². The predicted octanol–water partition coefficient (Wildman–Crippen LogP) is 4.02. The Hall–Kier alpha value is -2.71. The first kappa shape index (κ1) is 21.0. The first-order valence-corrected chi connectivity index (χ1v) is 10.6. The summed E-state index contributed by atoms with van der Waals surface area (Å²) in [6.07, 6.45) is 0. The van der Waals surface area contributed by atoms with Crippen molar-refractivity contribution in [3.63, 3.8) is 0 Å². The number of nitrogens with zero attached hydrogens (tertiary/aromatic N) is 2. The normalized spacial score (nSPS) is 11.3. The van der Waals surface area contributed by atoms with E-state index in [1.807, 2.05) is 31.2 Å². The number of ether oxygens (including phenoxy) is 2. The molecule has 0 fully saturated rings. The molecule has 0 bridgehead atoms. The molecule has 0 unspecified atom stereocenters. The van der Waals surface area contributed by atoms with Gasteiger partial charge in [-0.2, -0.15) is 5.10 Å². The highest BCUT2D eigenvalue weighted by atomic mass is 35.5. The first-order valence-electron chi connectivity index (χ1n) is 8.79. The largest absolute Gasteiger partial charge is 0.493 e. The number of hydrogen-bond acceptors (Lipinski definition) is 5. The number of aryl methyl sites for hydroxylation is 1. The summed E-state index contributed by atoms with van der Waals surface area (Å²) in [5.41, 5.74) is 2.59. The Kier molecular flexibility index (Phi) is 6.04. The van der Waals surface area contributed by atoms with Crippen LogP contribution in [-0.2, 0) is 16.6 Å². The van der Waals surface area contributed by atoms with Gasteiger partial charge in [0, 0.05) is 11.1 Å². The van der Waals surface area contributed by atoms with Crippen molar-refractivity contribution >= 4 is 27.3 Å².